The van der Waals surface area contributed by atoms with Gasteiger partial charge in [0.1, 0.15) is 5.75 Å². The van der Waals surface area contributed by atoms with Gasteiger partial charge in [-0.1, -0.05) is 38.1 Å². The third-order valence-corrected chi connectivity index (χ3v) is 6.52. The van der Waals surface area contributed by atoms with Crippen molar-refractivity contribution in [2.45, 2.75) is 32.2 Å². The van der Waals surface area contributed by atoms with Crippen molar-refractivity contribution in [2.24, 2.45) is 17.8 Å². The Bertz CT molecular complexity index is 924. The molecule has 0 bridgehead atoms. The predicted octanol–water partition coefficient (Wildman–Crippen LogP) is 3.83. The molecule has 0 aromatic heterocycles. The molecule has 1 aliphatic carbocycles. The first-order valence-electron chi connectivity index (χ1n) is 10.2. The van der Waals surface area contributed by atoms with Crippen molar-refractivity contribution in [3.63, 3.8) is 0 Å². The molecule has 2 aromatic rings. The number of amides is 1. The SMILES string of the molecule is COc1ccc2c(c1)[C@H](C(=O)O)[C@@H]1[C@@H](C2)CN(C(=O)c2ccccc2)[C@H]1C(C)C. The number of carbonyl (C=O) groups is 2. The van der Waals surface area contributed by atoms with Gasteiger partial charge in [-0.15, -0.1) is 0 Å². The number of aliphatic carboxylic acids is 1. The summed E-state index contributed by atoms with van der Waals surface area (Å²) < 4.78 is 5.35. The highest BCUT2D eigenvalue weighted by Crippen LogP contribution is 2.50. The lowest BCUT2D eigenvalue weighted by molar-refractivity contribution is -0.141. The molecular formula is C24H27NO4. The minimum atomic E-state index is -0.825. The Morgan fingerprint density at radius 2 is 1.86 bits per heavy atom. The van der Waals surface area contributed by atoms with Crippen molar-refractivity contribution in [3.8, 4) is 5.75 Å². The molecule has 2 aromatic carbocycles. The van der Waals surface area contributed by atoms with Crippen LogP contribution in [0.5, 0.6) is 5.75 Å². The van der Waals surface area contributed by atoms with Gasteiger partial charge in [0.25, 0.3) is 5.91 Å². The largest absolute Gasteiger partial charge is 0.497 e. The Balaban J connectivity index is 1.77. The molecule has 0 radical (unpaired) electrons. The highest BCUT2D eigenvalue weighted by Gasteiger charge is 2.53. The van der Waals surface area contributed by atoms with Gasteiger partial charge in [0.05, 0.1) is 13.0 Å². The Kier molecular flexibility index (Phi) is 5.07. The molecule has 1 saturated heterocycles. The van der Waals surface area contributed by atoms with Crippen LogP contribution in [0.25, 0.3) is 0 Å². The predicted molar refractivity (Wildman–Crippen MR) is 110 cm³/mol. The number of carbonyl (C=O) groups excluding carboxylic acids is 1. The third-order valence-electron chi connectivity index (χ3n) is 6.52. The first kappa shape index (κ1) is 19.5. The van der Waals surface area contributed by atoms with Gasteiger partial charge in [-0.3, -0.25) is 9.59 Å². The van der Waals surface area contributed by atoms with E-state index in [0.717, 1.165) is 17.5 Å². The zero-order valence-corrected chi connectivity index (χ0v) is 17.0. The molecule has 5 heteroatoms. The summed E-state index contributed by atoms with van der Waals surface area (Å²) in [6.45, 7) is 4.76. The Morgan fingerprint density at radius 3 is 2.48 bits per heavy atom. The maximum Gasteiger partial charge on any atom is 0.311 e. The van der Waals surface area contributed by atoms with Gasteiger partial charge in [-0.05, 0) is 53.6 Å². The second kappa shape index (κ2) is 7.54. The van der Waals surface area contributed by atoms with E-state index in [1.807, 2.05) is 53.4 Å². The van der Waals surface area contributed by atoms with Crippen LogP contribution < -0.4 is 4.74 Å². The number of ether oxygens (including phenoxy) is 1. The van der Waals surface area contributed by atoms with Gasteiger partial charge in [-0.25, -0.2) is 0 Å². The molecule has 0 unspecified atom stereocenters. The van der Waals surface area contributed by atoms with E-state index >= 15 is 0 Å². The summed E-state index contributed by atoms with van der Waals surface area (Å²) in [6.07, 6.45) is 0.787. The summed E-state index contributed by atoms with van der Waals surface area (Å²) in [5, 5.41) is 10.2. The molecule has 1 amide bonds. The fourth-order valence-electron chi connectivity index (χ4n) is 5.38. The van der Waals surface area contributed by atoms with E-state index in [0.29, 0.717) is 17.9 Å². The first-order chi connectivity index (χ1) is 13.9. The lowest BCUT2D eigenvalue weighted by Crippen LogP contribution is -2.44. The van der Waals surface area contributed by atoms with Crippen molar-refractivity contribution in [1.29, 1.82) is 0 Å². The molecule has 152 valence electrons. The number of rotatable bonds is 4. The van der Waals surface area contributed by atoms with Crippen LogP contribution in [0, 0.1) is 17.8 Å². The lowest BCUT2D eigenvalue weighted by Gasteiger charge is -2.38. The summed E-state index contributed by atoms with van der Waals surface area (Å²) in [5.41, 5.74) is 2.54. The molecule has 1 fully saturated rings. The Labute approximate surface area is 171 Å². The first-order valence-corrected chi connectivity index (χ1v) is 10.2. The van der Waals surface area contributed by atoms with Crippen LogP contribution in [-0.4, -0.2) is 41.6 Å². The number of nitrogens with zero attached hydrogens (tertiary/aromatic N) is 1. The molecule has 4 atom stereocenters. The normalized spacial score (nSPS) is 25.4. The number of fused-ring (bicyclic) bond motifs is 2. The molecule has 1 heterocycles. The molecule has 1 aliphatic heterocycles. The molecule has 2 aliphatic rings. The molecule has 0 saturated carbocycles. The minimum Gasteiger partial charge on any atom is -0.497 e. The number of hydrogen-bond donors (Lipinski definition) is 1. The average Bonchev–Trinajstić information content (AvgIpc) is 3.10. The highest BCUT2D eigenvalue weighted by molar-refractivity contribution is 5.95. The van der Waals surface area contributed by atoms with Crippen molar-refractivity contribution >= 4 is 11.9 Å². The molecule has 4 rings (SSSR count). The van der Waals surface area contributed by atoms with E-state index in [1.54, 1.807) is 7.11 Å². The molecule has 29 heavy (non-hydrogen) atoms. The second-order valence-electron chi connectivity index (χ2n) is 8.48. The van der Waals surface area contributed by atoms with Crippen molar-refractivity contribution in [2.75, 3.05) is 13.7 Å². The average molecular weight is 393 g/mol. The standard InChI is InChI=1S/C24H27NO4/c1-14(2)22-20-17(13-25(22)23(26)15-7-5-4-6-8-15)11-16-9-10-18(29-3)12-19(16)21(20)24(27)28/h4-10,12,14,17,20-22H,11,13H2,1-3H3,(H,27,28)/t17-,20-,21-,22-/m0/s1. The smallest absolute Gasteiger partial charge is 0.311 e. The minimum absolute atomic E-state index is 0.00974. The van der Waals surface area contributed by atoms with E-state index in [9.17, 15) is 14.7 Å². The fraction of sp³-hybridized carbons (Fsp3) is 0.417. The maximum atomic E-state index is 13.3. The number of carboxylic acid groups (broad SMARTS) is 1. The maximum absolute atomic E-state index is 13.3. The van der Waals surface area contributed by atoms with Gasteiger partial charge in [0, 0.05) is 24.1 Å². The van der Waals surface area contributed by atoms with Crippen LogP contribution in [0.2, 0.25) is 0 Å². The molecular weight excluding hydrogens is 366 g/mol. The molecule has 5 nitrogen and oxygen atoms in total. The number of likely N-dealkylation sites (tertiary alicyclic amines) is 1. The highest BCUT2D eigenvalue weighted by atomic mass is 16.5. The number of methoxy groups -OCH3 is 1. The monoisotopic (exact) mass is 393 g/mol. The van der Waals surface area contributed by atoms with Crippen LogP contribution in [0.4, 0.5) is 0 Å². The fourth-order valence-corrected chi connectivity index (χ4v) is 5.38. The van der Waals surface area contributed by atoms with E-state index in [1.165, 1.54) is 0 Å². The van der Waals surface area contributed by atoms with E-state index in [4.69, 9.17) is 4.74 Å². The van der Waals surface area contributed by atoms with Crippen LogP contribution >= 0.6 is 0 Å². The van der Waals surface area contributed by atoms with Crippen LogP contribution in [0.1, 0.15) is 41.3 Å². The number of hydrogen-bond acceptors (Lipinski definition) is 3. The third kappa shape index (κ3) is 3.28. The van der Waals surface area contributed by atoms with E-state index in [2.05, 4.69) is 13.8 Å². The Hall–Kier alpha value is -2.82. The van der Waals surface area contributed by atoms with Crippen LogP contribution in [-0.2, 0) is 11.2 Å². The van der Waals surface area contributed by atoms with Gasteiger partial charge < -0.3 is 14.7 Å². The summed E-state index contributed by atoms with van der Waals surface area (Å²) in [5.74, 6) is -0.619. The number of benzene rings is 2. The van der Waals surface area contributed by atoms with Crippen LogP contribution in [0.15, 0.2) is 48.5 Å². The number of carboxylic acids is 1. The summed E-state index contributed by atoms with van der Waals surface area (Å²) >= 11 is 0. The lowest BCUT2D eigenvalue weighted by atomic mass is 9.66. The summed E-state index contributed by atoms with van der Waals surface area (Å²) in [4.78, 5) is 27.7. The van der Waals surface area contributed by atoms with Gasteiger partial charge >= 0.3 is 5.97 Å². The van der Waals surface area contributed by atoms with E-state index < -0.39 is 11.9 Å². The Morgan fingerprint density at radius 1 is 1.14 bits per heavy atom. The topological polar surface area (TPSA) is 66.8 Å². The van der Waals surface area contributed by atoms with Gasteiger partial charge in [0.2, 0.25) is 0 Å². The zero-order valence-electron chi connectivity index (χ0n) is 17.0. The zero-order chi connectivity index (χ0) is 20.7. The summed E-state index contributed by atoms with van der Waals surface area (Å²) in [6, 6.07) is 14.9. The van der Waals surface area contributed by atoms with Gasteiger partial charge in [0.15, 0.2) is 0 Å². The second-order valence-corrected chi connectivity index (χ2v) is 8.48. The van der Waals surface area contributed by atoms with Crippen molar-refractivity contribution < 1.29 is 19.4 Å². The quantitative estimate of drug-likeness (QED) is 0.857. The molecule has 1 N–H and O–H groups in total. The van der Waals surface area contributed by atoms with E-state index in [-0.39, 0.29) is 29.7 Å². The van der Waals surface area contributed by atoms with Crippen molar-refractivity contribution in [1.82, 2.24) is 4.90 Å². The summed E-state index contributed by atoms with van der Waals surface area (Å²) in [7, 11) is 1.59. The van der Waals surface area contributed by atoms with Gasteiger partial charge in [-0.2, -0.15) is 0 Å². The van der Waals surface area contributed by atoms with Crippen LogP contribution in [0.3, 0.4) is 0 Å². The van der Waals surface area contributed by atoms with Crippen molar-refractivity contribution in [3.05, 3.63) is 65.2 Å². The molecule has 0 spiro atoms.